The van der Waals surface area contributed by atoms with Gasteiger partial charge >= 0.3 is 11.8 Å². The normalized spacial score (nSPS) is 11.9. The summed E-state index contributed by atoms with van der Waals surface area (Å²) in [6.07, 6.45) is 1.49. The summed E-state index contributed by atoms with van der Waals surface area (Å²) in [6.45, 7) is 1.79. The van der Waals surface area contributed by atoms with E-state index in [9.17, 15) is 9.59 Å². The average molecular weight is 331 g/mol. The molecule has 0 saturated heterocycles. The van der Waals surface area contributed by atoms with Crippen molar-refractivity contribution < 1.29 is 14.3 Å². The first-order chi connectivity index (χ1) is 11.1. The molecule has 1 heterocycles. The van der Waals surface area contributed by atoms with E-state index in [-0.39, 0.29) is 6.04 Å². The van der Waals surface area contributed by atoms with E-state index in [1.165, 1.54) is 17.6 Å². The first-order valence-corrected chi connectivity index (χ1v) is 7.79. The highest BCUT2D eigenvalue weighted by Gasteiger charge is 2.16. The number of rotatable bonds is 5. The van der Waals surface area contributed by atoms with Gasteiger partial charge in [0.15, 0.2) is 0 Å². The predicted molar refractivity (Wildman–Crippen MR) is 89.6 cm³/mol. The molecular formula is C16H17N3O3S. The van der Waals surface area contributed by atoms with Crippen molar-refractivity contribution in [1.82, 2.24) is 10.7 Å². The second-order valence-corrected chi connectivity index (χ2v) is 5.66. The van der Waals surface area contributed by atoms with Crippen LogP contribution in [0.25, 0.3) is 0 Å². The zero-order valence-electron chi connectivity index (χ0n) is 12.8. The van der Waals surface area contributed by atoms with E-state index < -0.39 is 11.8 Å². The lowest BCUT2D eigenvalue weighted by molar-refractivity contribution is -0.139. The van der Waals surface area contributed by atoms with Gasteiger partial charge in [0.1, 0.15) is 5.75 Å². The number of hydrogen-bond acceptors (Lipinski definition) is 5. The second kappa shape index (κ2) is 8.09. The summed E-state index contributed by atoms with van der Waals surface area (Å²) in [7, 11) is 1.58. The third-order valence-electron chi connectivity index (χ3n) is 3.07. The van der Waals surface area contributed by atoms with Crippen LogP contribution in [0.4, 0.5) is 0 Å². The number of carbonyl (C=O) groups excluding carboxylic acids is 2. The molecule has 0 fully saturated rings. The molecule has 6 nitrogen and oxygen atoms in total. The number of hydrazone groups is 1. The van der Waals surface area contributed by atoms with Crippen LogP contribution >= 0.6 is 11.3 Å². The molecule has 23 heavy (non-hydrogen) atoms. The predicted octanol–water partition coefficient (Wildman–Crippen LogP) is 2.08. The Labute approximate surface area is 138 Å². The smallest absolute Gasteiger partial charge is 0.329 e. The minimum absolute atomic E-state index is 0.305. The molecule has 2 rings (SSSR count). The Balaban J connectivity index is 1.85. The van der Waals surface area contributed by atoms with Crippen molar-refractivity contribution in [3.63, 3.8) is 0 Å². The highest BCUT2D eigenvalue weighted by molar-refractivity contribution is 7.11. The monoisotopic (exact) mass is 331 g/mol. The van der Waals surface area contributed by atoms with Gasteiger partial charge in [-0.2, -0.15) is 5.10 Å². The number of nitrogens with one attached hydrogen (secondary N) is 2. The Hall–Kier alpha value is -2.67. The van der Waals surface area contributed by atoms with Gasteiger partial charge in [0, 0.05) is 4.88 Å². The van der Waals surface area contributed by atoms with Crippen LogP contribution in [0.5, 0.6) is 5.75 Å². The van der Waals surface area contributed by atoms with Gasteiger partial charge in [0.2, 0.25) is 0 Å². The molecular weight excluding hydrogens is 314 g/mol. The molecule has 2 amide bonds. The maximum absolute atomic E-state index is 11.8. The number of methoxy groups -OCH3 is 1. The fraction of sp³-hybridized carbons (Fsp3) is 0.188. The molecule has 0 aliphatic heterocycles. The third-order valence-corrected chi connectivity index (χ3v) is 3.88. The van der Waals surface area contributed by atoms with Gasteiger partial charge in [-0.05, 0) is 36.1 Å². The van der Waals surface area contributed by atoms with Gasteiger partial charge in [-0.3, -0.25) is 9.59 Å². The van der Waals surface area contributed by atoms with E-state index in [0.29, 0.717) is 0 Å². The molecule has 0 spiro atoms. The summed E-state index contributed by atoms with van der Waals surface area (Å²) in [5.41, 5.74) is 3.07. The summed E-state index contributed by atoms with van der Waals surface area (Å²) < 4.78 is 5.08. The Kier molecular flexibility index (Phi) is 5.87. The number of ether oxygens (including phenoxy) is 1. The maximum atomic E-state index is 11.8. The minimum atomic E-state index is -0.807. The fourth-order valence-electron chi connectivity index (χ4n) is 1.81. The molecule has 2 N–H and O–H groups in total. The molecule has 120 valence electrons. The minimum Gasteiger partial charge on any atom is -0.497 e. The van der Waals surface area contributed by atoms with Crippen molar-refractivity contribution >= 4 is 29.4 Å². The zero-order valence-corrected chi connectivity index (χ0v) is 13.6. The molecule has 2 aromatic rings. The topological polar surface area (TPSA) is 79.8 Å². The largest absolute Gasteiger partial charge is 0.497 e. The van der Waals surface area contributed by atoms with Crippen LogP contribution < -0.4 is 15.5 Å². The molecule has 0 aliphatic carbocycles. The summed E-state index contributed by atoms with van der Waals surface area (Å²) >= 11 is 1.48. The van der Waals surface area contributed by atoms with E-state index in [1.54, 1.807) is 26.2 Å². The van der Waals surface area contributed by atoms with E-state index in [1.807, 2.05) is 29.6 Å². The molecule has 0 aliphatic rings. The quantitative estimate of drug-likeness (QED) is 0.500. The van der Waals surface area contributed by atoms with Crippen molar-refractivity contribution in [2.45, 2.75) is 13.0 Å². The van der Waals surface area contributed by atoms with Gasteiger partial charge in [0.05, 0.1) is 19.4 Å². The van der Waals surface area contributed by atoms with Crippen LogP contribution in [-0.4, -0.2) is 25.1 Å². The highest BCUT2D eigenvalue weighted by Crippen LogP contribution is 2.17. The molecule has 1 aromatic carbocycles. The number of thiophene rings is 1. The molecule has 7 heteroatoms. The van der Waals surface area contributed by atoms with Crippen molar-refractivity contribution in [3.8, 4) is 5.75 Å². The number of hydrogen-bond donors (Lipinski definition) is 2. The van der Waals surface area contributed by atoms with Crippen LogP contribution in [0.2, 0.25) is 0 Å². The summed E-state index contributed by atoms with van der Waals surface area (Å²) in [5.74, 6) is -0.817. The Bertz CT molecular complexity index is 681. The maximum Gasteiger partial charge on any atom is 0.329 e. The Morgan fingerprint density at radius 2 is 1.96 bits per heavy atom. The first kappa shape index (κ1) is 16.7. The van der Waals surface area contributed by atoms with Crippen molar-refractivity contribution in [3.05, 3.63) is 52.2 Å². The lowest BCUT2D eigenvalue weighted by atomic mass is 10.1. The standard InChI is InChI=1S/C16H17N3O3S/c1-11(12-5-7-13(22-2)8-6-12)18-15(20)16(21)19-17-10-14-4-3-9-23-14/h3-11H,1-2H3,(H,18,20)(H,19,21)/b17-10+. The van der Waals surface area contributed by atoms with E-state index in [4.69, 9.17) is 4.74 Å². The van der Waals surface area contributed by atoms with Crippen LogP contribution in [-0.2, 0) is 9.59 Å². The molecule has 1 atom stereocenters. The van der Waals surface area contributed by atoms with Crippen molar-refractivity contribution in [1.29, 1.82) is 0 Å². The summed E-state index contributed by atoms with van der Waals surface area (Å²) in [5, 5.41) is 8.26. The first-order valence-electron chi connectivity index (χ1n) is 6.91. The highest BCUT2D eigenvalue weighted by atomic mass is 32.1. The van der Waals surface area contributed by atoms with Gasteiger partial charge in [-0.15, -0.1) is 11.3 Å². The molecule has 0 saturated carbocycles. The van der Waals surface area contributed by atoms with Crippen LogP contribution in [0.3, 0.4) is 0 Å². The van der Waals surface area contributed by atoms with Crippen molar-refractivity contribution in [2.24, 2.45) is 5.10 Å². The van der Waals surface area contributed by atoms with E-state index in [2.05, 4.69) is 15.8 Å². The summed E-state index contributed by atoms with van der Waals surface area (Å²) in [4.78, 5) is 24.4. The van der Waals surface area contributed by atoms with E-state index in [0.717, 1.165) is 16.2 Å². The second-order valence-electron chi connectivity index (χ2n) is 4.68. The lowest BCUT2D eigenvalue weighted by Crippen LogP contribution is -2.39. The Morgan fingerprint density at radius 1 is 1.22 bits per heavy atom. The molecule has 1 aromatic heterocycles. The molecule has 1 unspecified atom stereocenters. The van der Waals surface area contributed by atoms with Gasteiger partial charge < -0.3 is 10.1 Å². The van der Waals surface area contributed by atoms with Crippen molar-refractivity contribution in [2.75, 3.05) is 7.11 Å². The zero-order chi connectivity index (χ0) is 16.7. The SMILES string of the molecule is COc1ccc(C(C)NC(=O)C(=O)N/N=C/c2cccs2)cc1. The Morgan fingerprint density at radius 3 is 2.57 bits per heavy atom. The number of amides is 2. The average Bonchev–Trinajstić information content (AvgIpc) is 3.08. The van der Waals surface area contributed by atoms with Gasteiger partial charge in [0.25, 0.3) is 0 Å². The van der Waals surface area contributed by atoms with E-state index >= 15 is 0 Å². The summed E-state index contributed by atoms with van der Waals surface area (Å²) in [6, 6.07) is 10.7. The van der Waals surface area contributed by atoms with Crippen LogP contribution in [0.15, 0.2) is 46.9 Å². The number of benzene rings is 1. The van der Waals surface area contributed by atoms with Gasteiger partial charge in [-0.1, -0.05) is 18.2 Å². The molecule has 0 radical (unpaired) electrons. The van der Waals surface area contributed by atoms with Crippen LogP contribution in [0, 0.1) is 0 Å². The third kappa shape index (κ3) is 4.93. The lowest BCUT2D eigenvalue weighted by Gasteiger charge is -2.13. The fourth-order valence-corrected chi connectivity index (χ4v) is 2.39. The number of nitrogens with zero attached hydrogens (tertiary/aromatic N) is 1. The number of carbonyl (C=O) groups is 2. The molecule has 0 bridgehead atoms. The van der Waals surface area contributed by atoms with Gasteiger partial charge in [-0.25, -0.2) is 5.43 Å². The van der Waals surface area contributed by atoms with Crippen LogP contribution in [0.1, 0.15) is 23.4 Å².